The first-order valence-electron chi connectivity index (χ1n) is 6.75. The van der Waals surface area contributed by atoms with Gasteiger partial charge in [-0.3, -0.25) is 0 Å². The Morgan fingerprint density at radius 1 is 1.45 bits per heavy atom. The van der Waals surface area contributed by atoms with Gasteiger partial charge in [0.1, 0.15) is 5.82 Å². The number of benzene rings is 1. The Hall–Kier alpha value is -0.750. The fraction of sp³-hybridized carbons (Fsp3) is 0.500. The van der Waals surface area contributed by atoms with Crippen LogP contribution in [0.3, 0.4) is 0 Å². The Labute approximate surface area is 130 Å². The maximum absolute atomic E-state index is 13.6. The largest absolute Gasteiger partial charge is 0.369 e. The number of hydrogen-bond acceptors (Lipinski definition) is 3. The lowest BCUT2D eigenvalue weighted by Crippen LogP contribution is -2.21. The topological polar surface area (TPSA) is 43.8 Å². The van der Waals surface area contributed by atoms with Crippen LogP contribution in [0.4, 0.5) is 10.3 Å². The highest BCUT2D eigenvalue weighted by Crippen LogP contribution is 2.38. The van der Waals surface area contributed by atoms with E-state index in [0.29, 0.717) is 27.2 Å². The van der Waals surface area contributed by atoms with E-state index in [1.807, 2.05) is 11.8 Å². The highest BCUT2D eigenvalue weighted by atomic mass is 79.9. The average Bonchev–Trinajstić information content (AvgIpc) is 2.74. The Bertz CT molecular complexity index is 643. The van der Waals surface area contributed by atoms with Crippen LogP contribution in [-0.4, -0.2) is 21.1 Å². The van der Waals surface area contributed by atoms with Gasteiger partial charge >= 0.3 is 0 Å². The summed E-state index contributed by atoms with van der Waals surface area (Å²) in [6.45, 7) is 0. The molecule has 2 atom stereocenters. The minimum Gasteiger partial charge on any atom is -0.369 e. The SMILES string of the molecule is CSC1CCCC(n2c(N)nc3cc(F)c(Br)cc32)C1. The molecule has 2 unspecified atom stereocenters. The van der Waals surface area contributed by atoms with Crippen LogP contribution in [0.5, 0.6) is 0 Å². The van der Waals surface area contributed by atoms with E-state index in [4.69, 9.17) is 5.73 Å². The molecule has 1 aromatic carbocycles. The molecule has 2 N–H and O–H groups in total. The third-order valence-corrected chi connectivity index (χ3v) is 5.76. The van der Waals surface area contributed by atoms with E-state index in [1.165, 1.54) is 18.9 Å². The summed E-state index contributed by atoms with van der Waals surface area (Å²) in [5, 5.41) is 0.675. The molecule has 1 aromatic heterocycles. The first-order chi connectivity index (χ1) is 9.60. The highest BCUT2D eigenvalue weighted by molar-refractivity contribution is 9.10. The van der Waals surface area contributed by atoms with Crippen molar-refractivity contribution in [3.05, 3.63) is 22.4 Å². The summed E-state index contributed by atoms with van der Waals surface area (Å²) in [6, 6.07) is 3.60. The number of rotatable bonds is 2. The molecule has 1 aliphatic carbocycles. The fourth-order valence-corrected chi connectivity index (χ4v) is 4.21. The number of nitrogen functional groups attached to an aromatic ring is 1. The molecule has 2 aromatic rings. The molecule has 0 radical (unpaired) electrons. The Morgan fingerprint density at radius 2 is 2.25 bits per heavy atom. The van der Waals surface area contributed by atoms with Crippen molar-refractivity contribution in [2.24, 2.45) is 0 Å². The number of hydrogen-bond donors (Lipinski definition) is 1. The zero-order valence-electron chi connectivity index (χ0n) is 11.3. The van der Waals surface area contributed by atoms with E-state index in [9.17, 15) is 4.39 Å². The van der Waals surface area contributed by atoms with Crippen molar-refractivity contribution in [2.45, 2.75) is 37.0 Å². The molecule has 1 fully saturated rings. The molecule has 0 aliphatic heterocycles. The van der Waals surface area contributed by atoms with Crippen molar-refractivity contribution in [3.8, 4) is 0 Å². The van der Waals surface area contributed by atoms with E-state index >= 15 is 0 Å². The second-order valence-electron chi connectivity index (χ2n) is 5.27. The van der Waals surface area contributed by atoms with Crippen LogP contribution >= 0.6 is 27.7 Å². The number of anilines is 1. The zero-order valence-corrected chi connectivity index (χ0v) is 13.7. The lowest BCUT2D eigenvalue weighted by molar-refractivity contribution is 0.371. The van der Waals surface area contributed by atoms with Gasteiger partial charge in [0.2, 0.25) is 5.95 Å². The standard InChI is InChI=1S/C14H17BrFN3S/c1-20-9-4-2-3-8(5-9)19-13-6-10(15)11(16)7-12(13)18-14(19)17/h6-9H,2-5H2,1H3,(H2,17,18). The van der Waals surface area contributed by atoms with Crippen LogP contribution in [-0.2, 0) is 0 Å². The number of nitrogens with two attached hydrogens (primary N) is 1. The van der Waals surface area contributed by atoms with Gasteiger partial charge < -0.3 is 10.3 Å². The minimum absolute atomic E-state index is 0.298. The van der Waals surface area contributed by atoms with Crippen LogP contribution in [0.1, 0.15) is 31.7 Å². The summed E-state index contributed by atoms with van der Waals surface area (Å²) in [7, 11) is 0. The molecule has 0 bridgehead atoms. The Balaban J connectivity index is 2.06. The predicted molar refractivity (Wildman–Crippen MR) is 86.6 cm³/mol. The molecule has 3 rings (SSSR count). The van der Waals surface area contributed by atoms with Crippen LogP contribution < -0.4 is 5.73 Å². The van der Waals surface area contributed by atoms with Crippen LogP contribution in [0.15, 0.2) is 16.6 Å². The second-order valence-corrected chi connectivity index (χ2v) is 7.27. The van der Waals surface area contributed by atoms with Gasteiger partial charge in [-0.25, -0.2) is 9.37 Å². The summed E-state index contributed by atoms with van der Waals surface area (Å²) >= 11 is 5.17. The van der Waals surface area contributed by atoms with Gasteiger partial charge in [-0.1, -0.05) is 6.42 Å². The van der Waals surface area contributed by atoms with Gasteiger partial charge in [-0.05, 0) is 47.5 Å². The van der Waals surface area contributed by atoms with Crippen molar-refractivity contribution in [1.29, 1.82) is 0 Å². The number of aromatic nitrogens is 2. The first kappa shape index (κ1) is 14.2. The van der Waals surface area contributed by atoms with Crippen LogP contribution in [0.2, 0.25) is 0 Å². The summed E-state index contributed by atoms with van der Waals surface area (Å²) in [5.41, 5.74) is 7.63. The summed E-state index contributed by atoms with van der Waals surface area (Å²) < 4.78 is 16.2. The number of nitrogens with zero attached hydrogens (tertiary/aromatic N) is 2. The molecule has 20 heavy (non-hydrogen) atoms. The monoisotopic (exact) mass is 357 g/mol. The molecule has 6 heteroatoms. The van der Waals surface area contributed by atoms with Gasteiger partial charge in [0.05, 0.1) is 15.5 Å². The van der Waals surface area contributed by atoms with E-state index < -0.39 is 0 Å². The van der Waals surface area contributed by atoms with Crippen molar-refractivity contribution in [3.63, 3.8) is 0 Å². The van der Waals surface area contributed by atoms with Gasteiger partial charge in [0.15, 0.2) is 0 Å². The van der Waals surface area contributed by atoms with E-state index in [0.717, 1.165) is 18.4 Å². The molecule has 108 valence electrons. The summed E-state index contributed by atoms with van der Waals surface area (Å²) in [4.78, 5) is 4.31. The lowest BCUT2D eigenvalue weighted by Gasteiger charge is -2.30. The molecular weight excluding hydrogens is 341 g/mol. The number of imidazole rings is 1. The van der Waals surface area contributed by atoms with Gasteiger partial charge in [-0.15, -0.1) is 0 Å². The molecule has 0 amide bonds. The third-order valence-electron chi connectivity index (χ3n) is 4.06. The molecule has 1 heterocycles. The first-order valence-corrected chi connectivity index (χ1v) is 8.83. The normalized spacial score (nSPS) is 23.4. The maximum Gasteiger partial charge on any atom is 0.201 e. The van der Waals surface area contributed by atoms with Crippen molar-refractivity contribution < 1.29 is 4.39 Å². The molecule has 3 nitrogen and oxygen atoms in total. The smallest absolute Gasteiger partial charge is 0.201 e. The highest BCUT2D eigenvalue weighted by Gasteiger charge is 2.25. The van der Waals surface area contributed by atoms with E-state index in [2.05, 4.69) is 31.7 Å². The van der Waals surface area contributed by atoms with Crippen LogP contribution in [0.25, 0.3) is 11.0 Å². The predicted octanol–water partition coefficient (Wildman–Crippen LogP) is 4.37. The average molecular weight is 358 g/mol. The number of fused-ring (bicyclic) bond motifs is 1. The van der Waals surface area contributed by atoms with Crippen molar-refractivity contribution in [2.75, 3.05) is 12.0 Å². The summed E-state index contributed by atoms with van der Waals surface area (Å²) in [5.74, 6) is 0.192. The lowest BCUT2D eigenvalue weighted by atomic mass is 9.94. The molecular formula is C14H17BrFN3S. The molecule has 0 saturated heterocycles. The van der Waals surface area contributed by atoms with Crippen molar-refractivity contribution >= 4 is 44.7 Å². The Kier molecular flexibility index (Phi) is 3.95. The number of halogens is 2. The van der Waals surface area contributed by atoms with Gasteiger partial charge in [0.25, 0.3) is 0 Å². The molecule has 1 aliphatic rings. The van der Waals surface area contributed by atoms with Gasteiger partial charge in [0, 0.05) is 17.4 Å². The van der Waals surface area contributed by atoms with Crippen molar-refractivity contribution in [1.82, 2.24) is 9.55 Å². The minimum atomic E-state index is -0.298. The summed E-state index contributed by atoms with van der Waals surface area (Å²) in [6.07, 6.45) is 6.85. The molecule has 1 saturated carbocycles. The quantitative estimate of drug-likeness (QED) is 0.867. The zero-order chi connectivity index (χ0) is 14.3. The van der Waals surface area contributed by atoms with E-state index in [-0.39, 0.29) is 5.82 Å². The van der Waals surface area contributed by atoms with E-state index in [1.54, 1.807) is 6.07 Å². The fourth-order valence-electron chi connectivity index (χ4n) is 3.06. The van der Waals surface area contributed by atoms with Gasteiger partial charge in [-0.2, -0.15) is 11.8 Å². The maximum atomic E-state index is 13.6. The third kappa shape index (κ3) is 2.44. The molecule has 0 spiro atoms. The van der Waals surface area contributed by atoms with Crippen LogP contribution in [0, 0.1) is 5.82 Å². The number of thioether (sulfide) groups is 1. The second kappa shape index (κ2) is 5.56. The Morgan fingerprint density at radius 3 is 3.00 bits per heavy atom.